The number of carbonyl (C=O) groups excluding carboxylic acids is 1. The van der Waals surface area contributed by atoms with Crippen LogP contribution in [0.2, 0.25) is 0 Å². The van der Waals surface area contributed by atoms with Crippen molar-refractivity contribution in [3.05, 3.63) is 29.5 Å². The van der Waals surface area contributed by atoms with Crippen molar-refractivity contribution in [2.24, 2.45) is 11.1 Å². The normalized spacial score (nSPS) is 20.2. The van der Waals surface area contributed by atoms with E-state index in [2.05, 4.69) is 5.10 Å². The SMILES string of the molecule is NC1CN(C(=O)c2ccc3n[nH]c(C(F)(F)F)c3c2)CC12CC2.O=C(O)C(F)(F)F. The van der Waals surface area contributed by atoms with Crippen molar-refractivity contribution < 1.29 is 41.0 Å². The molecule has 1 aromatic heterocycles. The topological polar surface area (TPSA) is 112 Å². The van der Waals surface area contributed by atoms with Gasteiger partial charge in [-0.1, -0.05) is 0 Å². The number of amides is 1. The minimum absolute atomic E-state index is 0.0343. The predicted molar refractivity (Wildman–Crippen MR) is 90.3 cm³/mol. The summed E-state index contributed by atoms with van der Waals surface area (Å²) in [4.78, 5) is 23.1. The van der Waals surface area contributed by atoms with Gasteiger partial charge in [-0.2, -0.15) is 31.4 Å². The van der Waals surface area contributed by atoms with Crippen molar-refractivity contribution in [1.29, 1.82) is 0 Å². The first-order chi connectivity index (χ1) is 13.7. The van der Waals surface area contributed by atoms with Crippen LogP contribution in [0.3, 0.4) is 0 Å². The van der Waals surface area contributed by atoms with E-state index < -0.39 is 24.0 Å². The number of carbonyl (C=O) groups is 2. The van der Waals surface area contributed by atoms with Crippen LogP contribution in [0.1, 0.15) is 28.9 Å². The molecule has 2 aliphatic rings. The highest BCUT2D eigenvalue weighted by atomic mass is 19.4. The molecule has 7 nitrogen and oxygen atoms in total. The molecule has 4 N–H and O–H groups in total. The summed E-state index contributed by atoms with van der Waals surface area (Å²) in [5, 5.41) is 12.7. The Kier molecular flexibility index (Phi) is 5.21. The van der Waals surface area contributed by atoms with Gasteiger partial charge in [-0.3, -0.25) is 9.89 Å². The largest absolute Gasteiger partial charge is 0.490 e. The Morgan fingerprint density at radius 3 is 2.27 bits per heavy atom. The van der Waals surface area contributed by atoms with E-state index in [1.54, 1.807) is 4.90 Å². The highest BCUT2D eigenvalue weighted by molar-refractivity contribution is 5.98. The van der Waals surface area contributed by atoms with Crippen LogP contribution >= 0.6 is 0 Å². The molecular formula is C17H16F6N4O3. The molecular weight excluding hydrogens is 422 g/mol. The minimum atomic E-state index is -5.08. The van der Waals surface area contributed by atoms with Crippen LogP contribution in [0, 0.1) is 5.41 Å². The standard InChI is InChI=1S/C15H15F3N4O.C2HF3O2/c16-15(17,18)12-9-5-8(1-2-10(9)20-21-12)13(23)22-6-11(19)14(7-22)3-4-14;3-2(4,5)1(6)7/h1-2,5,11H,3-4,6-7,19H2,(H,20,21);(H,6,7). The Morgan fingerprint density at radius 2 is 1.80 bits per heavy atom. The number of hydrogen-bond donors (Lipinski definition) is 3. The first-order valence-corrected chi connectivity index (χ1v) is 8.65. The first kappa shape index (κ1) is 21.9. The summed E-state index contributed by atoms with van der Waals surface area (Å²) in [6.45, 7) is 1.04. The van der Waals surface area contributed by atoms with Crippen LogP contribution in [-0.2, 0) is 11.0 Å². The lowest BCUT2D eigenvalue weighted by Crippen LogP contribution is -2.32. The second-order valence-corrected chi connectivity index (χ2v) is 7.29. The minimum Gasteiger partial charge on any atom is -0.475 e. The lowest BCUT2D eigenvalue weighted by Gasteiger charge is -2.16. The number of aromatic nitrogens is 2. The number of aliphatic carboxylic acids is 1. The van der Waals surface area contributed by atoms with E-state index in [0.717, 1.165) is 12.8 Å². The zero-order valence-electron chi connectivity index (χ0n) is 15.1. The van der Waals surface area contributed by atoms with Crippen molar-refractivity contribution in [3.8, 4) is 0 Å². The molecule has 1 saturated heterocycles. The third-order valence-corrected chi connectivity index (χ3v) is 5.22. The number of hydrogen-bond acceptors (Lipinski definition) is 4. The molecule has 1 saturated carbocycles. The molecule has 0 radical (unpaired) electrons. The molecule has 1 unspecified atom stereocenters. The fourth-order valence-electron chi connectivity index (χ4n) is 3.38. The van der Waals surface area contributed by atoms with Gasteiger partial charge in [-0.25, -0.2) is 4.79 Å². The Labute approximate surface area is 164 Å². The van der Waals surface area contributed by atoms with Crippen molar-refractivity contribution in [1.82, 2.24) is 15.1 Å². The van der Waals surface area contributed by atoms with Gasteiger partial charge in [-0.15, -0.1) is 0 Å². The van der Waals surface area contributed by atoms with Gasteiger partial charge in [0.15, 0.2) is 0 Å². The number of nitrogens with one attached hydrogen (secondary N) is 1. The number of likely N-dealkylation sites (tertiary alicyclic amines) is 1. The quantitative estimate of drug-likeness (QED) is 0.593. The van der Waals surface area contributed by atoms with Crippen LogP contribution in [0.15, 0.2) is 18.2 Å². The molecule has 30 heavy (non-hydrogen) atoms. The number of rotatable bonds is 1. The molecule has 4 rings (SSSR count). The van der Waals surface area contributed by atoms with Crippen LogP contribution < -0.4 is 5.73 Å². The number of nitrogens with zero attached hydrogens (tertiary/aromatic N) is 2. The molecule has 0 bridgehead atoms. The number of halogens is 6. The van der Waals surface area contributed by atoms with Crippen LogP contribution in [0.25, 0.3) is 10.9 Å². The lowest BCUT2D eigenvalue weighted by molar-refractivity contribution is -0.192. The molecule has 1 atom stereocenters. The van der Waals surface area contributed by atoms with E-state index in [4.69, 9.17) is 15.6 Å². The maximum absolute atomic E-state index is 13.0. The fraction of sp³-hybridized carbons (Fsp3) is 0.471. The van der Waals surface area contributed by atoms with E-state index in [0.29, 0.717) is 13.1 Å². The summed E-state index contributed by atoms with van der Waals surface area (Å²) in [5.41, 5.74) is 5.60. The third-order valence-electron chi connectivity index (χ3n) is 5.22. The number of benzene rings is 1. The molecule has 2 aromatic rings. The van der Waals surface area contributed by atoms with E-state index in [1.165, 1.54) is 18.2 Å². The van der Waals surface area contributed by atoms with Gasteiger partial charge in [0.1, 0.15) is 5.69 Å². The maximum Gasteiger partial charge on any atom is 0.490 e. The molecule has 13 heteroatoms. The second-order valence-electron chi connectivity index (χ2n) is 7.29. The van der Waals surface area contributed by atoms with Gasteiger partial charge < -0.3 is 15.7 Å². The first-order valence-electron chi connectivity index (χ1n) is 8.65. The van der Waals surface area contributed by atoms with E-state index in [9.17, 15) is 31.1 Å². The Bertz CT molecular complexity index is 980. The van der Waals surface area contributed by atoms with E-state index in [-0.39, 0.29) is 33.8 Å². The van der Waals surface area contributed by atoms with Crippen molar-refractivity contribution in [3.63, 3.8) is 0 Å². The number of carboxylic acid groups (broad SMARTS) is 1. The summed E-state index contributed by atoms with van der Waals surface area (Å²) in [5.74, 6) is -3.03. The van der Waals surface area contributed by atoms with Gasteiger partial charge in [0.25, 0.3) is 5.91 Å². The molecule has 1 aliphatic heterocycles. The summed E-state index contributed by atoms with van der Waals surface area (Å²) < 4.78 is 70.6. The zero-order chi connectivity index (χ0) is 22.5. The smallest absolute Gasteiger partial charge is 0.475 e. The summed E-state index contributed by atoms with van der Waals surface area (Å²) in [7, 11) is 0. The Morgan fingerprint density at radius 1 is 1.20 bits per heavy atom. The van der Waals surface area contributed by atoms with E-state index >= 15 is 0 Å². The maximum atomic E-state index is 13.0. The number of nitrogens with two attached hydrogens (primary N) is 1. The molecule has 2 heterocycles. The average Bonchev–Trinajstić information content (AvgIpc) is 3.15. The summed E-state index contributed by atoms with van der Waals surface area (Å²) in [6.07, 6.45) is -7.60. The molecule has 1 amide bonds. The number of carboxylic acids is 1. The highest BCUT2D eigenvalue weighted by Crippen LogP contribution is 2.52. The van der Waals surface area contributed by atoms with Crippen LogP contribution in [-0.4, -0.2) is 57.4 Å². The highest BCUT2D eigenvalue weighted by Gasteiger charge is 2.54. The number of fused-ring (bicyclic) bond motifs is 1. The van der Waals surface area contributed by atoms with E-state index in [1.807, 2.05) is 5.10 Å². The average molecular weight is 438 g/mol. The van der Waals surface area contributed by atoms with Crippen molar-refractivity contribution in [2.45, 2.75) is 31.2 Å². The Hall–Kier alpha value is -2.83. The number of alkyl halides is 6. The van der Waals surface area contributed by atoms with Gasteiger partial charge in [-0.05, 0) is 31.0 Å². The zero-order valence-corrected chi connectivity index (χ0v) is 15.1. The van der Waals surface area contributed by atoms with Crippen molar-refractivity contribution >= 4 is 22.8 Å². The van der Waals surface area contributed by atoms with Crippen LogP contribution in [0.4, 0.5) is 26.3 Å². The third kappa shape index (κ3) is 4.20. The Balaban J connectivity index is 0.000000318. The van der Waals surface area contributed by atoms with Crippen molar-refractivity contribution in [2.75, 3.05) is 13.1 Å². The fourth-order valence-corrected chi connectivity index (χ4v) is 3.38. The predicted octanol–water partition coefficient (Wildman–Crippen LogP) is 2.78. The lowest BCUT2D eigenvalue weighted by atomic mass is 10.0. The number of aromatic amines is 1. The number of H-pyrrole nitrogens is 1. The monoisotopic (exact) mass is 438 g/mol. The van der Waals surface area contributed by atoms with Gasteiger partial charge in [0, 0.05) is 35.5 Å². The summed E-state index contributed by atoms with van der Waals surface area (Å²) >= 11 is 0. The molecule has 1 aliphatic carbocycles. The molecule has 1 aromatic carbocycles. The molecule has 2 fully saturated rings. The second kappa shape index (κ2) is 7.15. The van der Waals surface area contributed by atoms with Gasteiger partial charge in [0.05, 0.1) is 5.52 Å². The summed E-state index contributed by atoms with van der Waals surface area (Å²) in [6, 6.07) is 4.15. The van der Waals surface area contributed by atoms with Gasteiger partial charge >= 0.3 is 18.3 Å². The van der Waals surface area contributed by atoms with Gasteiger partial charge in [0.2, 0.25) is 0 Å². The molecule has 164 valence electrons. The molecule has 1 spiro atoms. The van der Waals surface area contributed by atoms with Crippen LogP contribution in [0.5, 0.6) is 0 Å².